The summed E-state index contributed by atoms with van der Waals surface area (Å²) in [6.45, 7) is 4.29. The maximum absolute atomic E-state index is 12.2. The molecule has 2 rings (SSSR count). The van der Waals surface area contributed by atoms with Gasteiger partial charge in [-0.25, -0.2) is 4.79 Å². The van der Waals surface area contributed by atoms with E-state index in [1.54, 1.807) is 6.92 Å². The van der Waals surface area contributed by atoms with Crippen molar-refractivity contribution in [3.05, 3.63) is 16.0 Å². The van der Waals surface area contributed by atoms with E-state index >= 15 is 0 Å². The van der Waals surface area contributed by atoms with Crippen LogP contribution in [0.1, 0.15) is 41.1 Å². The molecule has 1 aliphatic rings. The van der Waals surface area contributed by atoms with Crippen molar-refractivity contribution in [3.8, 4) is 0 Å². The maximum atomic E-state index is 12.2. The number of hydrogen-bond donors (Lipinski definition) is 1. The van der Waals surface area contributed by atoms with Crippen LogP contribution in [0.3, 0.4) is 0 Å². The number of carbonyl (C=O) groups is 2. The molecule has 0 bridgehead atoms. The lowest BCUT2D eigenvalue weighted by Crippen LogP contribution is -2.17. The SMILES string of the molecule is CCOC(=O)c1c(NC(=O)CCl)sc2c1CC[C@H](C)C2. The van der Waals surface area contributed by atoms with Gasteiger partial charge in [0.2, 0.25) is 5.91 Å². The van der Waals surface area contributed by atoms with Crippen molar-refractivity contribution in [2.75, 3.05) is 17.8 Å². The quantitative estimate of drug-likeness (QED) is 0.685. The smallest absolute Gasteiger partial charge is 0.341 e. The predicted molar refractivity (Wildman–Crippen MR) is 80.8 cm³/mol. The molecule has 1 N–H and O–H groups in total. The van der Waals surface area contributed by atoms with Gasteiger partial charge in [-0.3, -0.25) is 4.79 Å². The highest BCUT2D eigenvalue weighted by Crippen LogP contribution is 2.40. The molecule has 1 aromatic rings. The Balaban J connectivity index is 2.39. The Morgan fingerprint density at radius 2 is 2.25 bits per heavy atom. The summed E-state index contributed by atoms with van der Waals surface area (Å²) in [6, 6.07) is 0. The third-order valence-electron chi connectivity index (χ3n) is 3.37. The van der Waals surface area contributed by atoms with Crippen molar-refractivity contribution < 1.29 is 14.3 Å². The van der Waals surface area contributed by atoms with E-state index in [1.807, 2.05) is 0 Å². The Morgan fingerprint density at radius 1 is 1.50 bits per heavy atom. The summed E-state index contributed by atoms with van der Waals surface area (Å²) < 4.78 is 5.12. The fourth-order valence-electron chi connectivity index (χ4n) is 2.42. The average molecular weight is 316 g/mol. The summed E-state index contributed by atoms with van der Waals surface area (Å²) in [6.07, 6.45) is 2.86. The zero-order valence-corrected chi connectivity index (χ0v) is 13.2. The highest BCUT2D eigenvalue weighted by Gasteiger charge is 2.28. The maximum Gasteiger partial charge on any atom is 0.341 e. The largest absolute Gasteiger partial charge is 0.462 e. The van der Waals surface area contributed by atoms with Crippen molar-refractivity contribution in [2.24, 2.45) is 5.92 Å². The molecular weight excluding hydrogens is 298 g/mol. The normalized spacial score (nSPS) is 17.4. The molecule has 0 unspecified atom stereocenters. The monoisotopic (exact) mass is 315 g/mol. The van der Waals surface area contributed by atoms with Crippen molar-refractivity contribution in [3.63, 3.8) is 0 Å². The molecule has 0 saturated carbocycles. The standard InChI is InChI=1S/C14H18ClNO3S/c1-3-19-14(18)12-9-5-4-8(2)6-10(9)20-13(12)16-11(17)7-15/h8H,3-7H2,1-2H3,(H,16,17)/t8-/m0/s1. The summed E-state index contributed by atoms with van der Waals surface area (Å²) >= 11 is 6.99. The lowest BCUT2D eigenvalue weighted by Gasteiger charge is -2.18. The molecule has 1 aliphatic carbocycles. The van der Waals surface area contributed by atoms with Crippen LogP contribution in [0.4, 0.5) is 5.00 Å². The summed E-state index contributed by atoms with van der Waals surface area (Å²) in [5.74, 6) is -0.178. The molecule has 0 aliphatic heterocycles. The molecule has 4 nitrogen and oxygen atoms in total. The van der Waals surface area contributed by atoms with E-state index in [1.165, 1.54) is 16.2 Å². The Hall–Kier alpha value is -1.07. The number of hydrogen-bond acceptors (Lipinski definition) is 4. The highest BCUT2D eigenvalue weighted by atomic mass is 35.5. The zero-order chi connectivity index (χ0) is 14.7. The van der Waals surface area contributed by atoms with E-state index < -0.39 is 0 Å². The van der Waals surface area contributed by atoms with E-state index in [9.17, 15) is 9.59 Å². The summed E-state index contributed by atoms with van der Waals surface area (Å²) in [4.78, 5) is 24.8. The van der Waals surface area contributed by atoms with Crippen LogP contribution in [0.25, 0.3) is 0 Å². The van der Waals surface area contributed by atoms with Gasteiger partial charge < -0.3 is 10.1 Å². The molecule has 1 amide bonds. The summed E-state index contributed by atoms with van der Waals surface area (Å²) in [5.41, 5.74) is 1.56. The lowest BCUT2D eigenvalue weighted by molar-refractivity contribution is -0.113. The van der Waals surface area contributed by atoms with Crippen LogP contribution < -0.4 is 5.32 Å². The fraction of sp³-hybridized carbons (Fsp3) is 0.571. The molecule has 0 aromatic carbocycles. The predicted octanol–water partition coefficient (Wildman–Crippen LogP) is 3.23. The van der Waals surface area contributed by atoms with E-state index in [2.05, 4.69) is 12.2 Å². The van der Waals surface area contributed by atoms with Gasteiger partial charge in [0.15, 0.2) is 0 Å². The van der Waals surface area contributed by atoms with Crippen molar-refractivity contribution >= 4 is 39.8 Å². The molecule has 6 heteroatoms. The first-order valence-electron chi connectivity index (χ1n) is 6.74. The van der Waals surface area contributed by atoms with Crippen LogP contribution >= 0.6 is 22.9 Å². The van der Waals surface area contributed by atoms with E-state index in [0.29, 0.717) is 23.1 Å². The number of rotatable bonds is 4. The van der Waals surface area contributed by atoms with Gasteiger partial charge in [0.1, 0.15) is 10.9 Å². The van der Waals surface area contributed by atoms with Gasteiger partial charge in [0, 0.05) is 4.88 Å². The first kappa shape index (κ1) is 15.3. The van der Waals surface area contributed by atoms with Gasteiger partial charge in [-0.15, -0.1) is 22.9 Å². The molecule has 0 radical (unpaired) electrons. The number of alkyl halides is 1. The molecule has 0 saturated heterocycles. The molecule has 110 valence electrons. The number of amides is 1. The third kappa shape index (κ3) is 3.15. The van der Waals surface area contributed by atoms with Crippen molar-refractivity contribution in [1.29, 1.82) is 0 Å². The topological polar surface area (TPSA) is 55.4 Å². The van der Waals surface area contributed by atoms with Gasteiger partial charge in [0.25, 0.3) is 0 Å². The minimum atomic E-state index is -0.357. The minimum absolute atomic E-state index is 0.124. The number of thiophene rings is 1. The van der Waals surface area contributed by atoms with Crippen LogP contribution in [-0.4, -0.2) is 24.4 Å². The Morgan fingerprint density at radius 3 is 2.90 bits per heavy atom. The molecule has 20 heavy (non-hydrogen) atoms. The number of halogens is 1. The third-order valence-corrected chi connectivity index (χ3v) is 4.78. The van der Waals surface area contributed by atoms with Gasteiger partial charge in [0.05, 0.1) is 12.2 Å². The first-order valence-corrected chi connectivity index (χ1v) is 8.09. The highest BCUT2D eigenvalue weighted by molar-refractivity contribution is 7.17. The number of ether oxygens (including phenoxy) is 1. The Labute approximate surface area is 127 Å². The second kappa shape index (κ2) is 6.59. The van der Waals surface area contributed by atoms with Crippen LogP contribution in [-0.2, 0) is 22.4 Å². The van der Waals surface area contributed by atoms with Gasteiger partial charge in [-0.05, 0) is 37.7 Å². The fourth-order valence-corrected chi connectivity index (χ4v) is 3.90. The van der Waals surface area contributed by atoms with Crippen molar-refractivity contribution in [2.45, 2.75) is 33.1 Å². The van der Waals surface area contributed by atoms with E-state index in [-0.39, 0.29) is 17.8 Å². The average Bonchev–Trinajstić information content (AvgIpc) is 2.75. The molecule has 1 aromatic heterocycles. The molecular formula is C14H18ClNO3S. The second-order valence-electron chi connectivity index (χ2n) is 4.96. The lowest BCUT2D eigenvalue weighted by atomic mass is 9.88. The number of esters is 1. The Bertz CT molecular complexity index is 527. The number of nitrogens with one attached hydrogen (secondary N) is 1. The van der Waals surface area contributed by atoms with Crippen LogP contribution in [0.5, 0.6) is 0 Å². The molecule has 0 fully saturated rings. The van der Waals surface area contributed by atoms with E-state index in [4.69, 9.17) is 16.3 Å². The molecule has 1 atom stereocenters. The zero-order valence-electron chi connectivity index (χ0n) is 11.6. The molecule has 1 heterocycles. The summed E-state index contributed by atoms with van der Waals surface area (Å²) in [7, 11) is 0. The van der Waals surface area contributed by atoms with Gasteiger partial charge >= 0.3 is 5.97 Å². The number of fused-ring (bicyclic) bond motifs is 1. The van der Waals surface area contributed by atoms with Crippen molar-refractivity contribution in [1.82, 2.24) is 0 Å². The molecule has 0 spiro atoms. The van der Waals surface area contributed by atoms with Gasteiger partial charge in [-0.1, -0.05) is 6.92 Å². The minimum Gasteiger partial charge on any atom is -0.462 e. The number of anilines is 1. The van der Waals surface area contributed by atoms with Crippen LogP contribution in [0, 0.1) is 5.92 Å². The van der Waals surface area contributed by atoms with E-state index in [0.717, 1.165) is 24.8 Å². The summed E-state index contributed by atoms with van der Waals surface area (Å²) in [5, 5.41) is 3.30. The second-order valence-corrected chi connectivity index (χ2v) is 6.33. The number of carbonyl (C=O) groups excluding carboxylic acids is 2. The van der Waals surface area contributed by atoms with Crippen LogP contribution in [0.15, 0.2) is 0 Å². The Kier molecular flexibility index (Phi) is 5.05. The van der Waals surface area contributed by atoms with Gasteiger partial charge in [-0.2, -0.15) is 0 Å². The van der Waals surface area contributed by atoms with Crippen LogP contribution in [0.2, 0.25) is 0 Å². The first-order chi connectivity index (χ1) is 9.56.